The Balaban J connectivity index is 2.90. The van der Waals surface area contributed by atoms with Crippen LogP contribution in [0.1, 0.15) is 0 Å². The molecule has 0 aromatic carbocycles. The van der Waals surface area contributed by atoms with Gasteiger partial charge in [-0.3, -0.25) is 0 Å². The highest BCUT2D eigenvalue weighted by Gasteiger charge is 1.59. The molecule has 2 heteroatoms. The zero-order chi connectivity index (χ0) is 4.83. The van der Waals surface area contributed by atoms with E-state index in [1.807, 2.05) is 0 Å². The zero-order valence-electron chi connectivity index (χ0n) is 3.27. The summed E-state index contributed by atoms with van der Waals surface area (Å²) >= 11 is 0. The minimum atomic E-state index is -0.416. The topological polar surface area (TPSA) is 40.1 Å². The number of hydrogen-bond acceptors (Lipinski definition) is 1. The van der Waals surface area contributed by atoms with Crippen molar-refractivity contribution in [3.63, 3.8) is 0 Å². The lowest BCUT2D eigenvalue weighted by atomic mass is 10.6. The van der Waals surface area contributed by atoms with Crippen LogP contribution in [0.2, 0.25) is 0 Å². The van der Waals surface area contributed by atoms with Crippen LogP contribution in [-0.2, 0) is 5.11 Å². The number of rotatable bonds is 0. The maximum Gasteiger partial charge on any atom is 0.143 e. The molecule has 0 atom stereocenters. The van der Waals surface area contributed by atoms with Crippen molar-refractivity contribution >= 4 is 0 Å². The second-order valence-corrected chi connectivity index (χ2v) is 0.656. The van der Waals surface area contributed by atoms with E-state index in [1.165, 1.54) is 0 Å². The lowest BCUT2D eigenvalue weighted by Crippen LogP contribution is -1.73. The van der Waals surface area contributed by atoms with Crippen molar-refractivity contribution in [2.45, 2.75) is 0 Å². The summed E-state index contributed by atoms with van der Waals surface area (Å²) in [7, 11) is 0. The molecule has 6 heavy (non-hydrogen) atoms. The minimum absolute atomic E-state index is 0.206. The Morgan fingerprint density at radius 3 is 2.33 bits per heavy atom. The fraction of sp³-hybridized carbons (Fsp3) is 0.500. The molecule has 0 bridgehead atoms. The average molecular weight is 85.1 g/mol. The lowest BCUT2D eigenvalue weighted by molar-refractivity contribution is 0.238. The lowest BCUT2D eigenvalue weighted by Gasteiger charge is -1.64. The highest BCUT2D eigenvalue weighted by molar-refractivity contribution is 4.97. The van der Waals surface area contributed by atoms with Crippen molar-refractivity contribution in [1.29, 1.82) is 0 Å². The van der Waals surface area contributed by atoms with Crippen molar-refractivity contribution in [2.24, 2.45) is 0 Å². The predicted octanol–water partition coefficient (Wildman–Crippen LogP) is -0.587. The van der Waals surface area contributed by atoms with E-state index in [1.54, 1.807) is 0 Å². The summed E-state index contributed by atoms with van der Waals surface area (Å²) in [5.74, 6) is 4.33. The van der Waals surface area contributed by atoms with Crippen molar-refractivity contribution in [3.8, 4) is 11.8 Å². The highest BCUT2D eigenvalue weighted by atomic mass is 16.3. The molecule has 2 nitrogen and oxygen atoms in total. The Kier molecular flexibility index (Phi) is 4.09. The molecule has 0 heterocycles. The molecule has 33 valence electrons. The summed E-state index contributed by atoms with van der Waals surface area (Å²) < 4.78 is 0. The molecule has 0 saturated heterocycles. The van der Waals surface area contributed by atoms with Crippen LogP contribution < -0.4 is 0 Å². The Morgan fingerprint density at radius 2 is 2.17 bits per heavy atom. The Labute approximate surface area is 36.4 Å². The zero-order valence-corrected chi connectivity index (χ0v) is 3.27. The molecule has 0 spiro atoms. The molecule has 0 amide bonds. The molecule has 0 aliphatic rings. The Morgan fingerprint density at radius 1 is 1.50 bits per heavy atom. The molecule has 0 aliphatic carbocycles. The maximum atomic E-state index is 9.40. The van der Waals surface area contributed by atoms with Crippen LogP contribution in [0.5, 0.6) is 0 Å². The SMILES string of the molecule is [O]CC#CCO. The molecule has 0 unspecified atom stereocenters. The third-order valence-electron chi connectivity index (χ3n) is 0.276. The van der Waals surface area contributed by atoms with Gasteiger partial charge in [0.15, 0.2) is 0 Å². The molecule has 0 aromatic rings. The van der Waals surface area contributed by atoms with Crippen LogP contribution in [0.4, 0.5) is 0 Å². The van der Waals surface area contributed by atoms with Gasteiger partial charge in [-0.15, -0.1) is 0 Å². The van der Waals surface area contributed by atoms with Gasteiger partial charge >= 0.3 is 0 Å². The Bertz CT molecular complexity index is 59.4. The van der Waals surface area contributed by atoms with E-state index in [4.69, 9.17) is 5.11 Å². The molecule has 0 fully saturated rings. The quantitative estimate of drug-likeness (QED) is 0.392. The number of aliphatic hydroxyl groups excluding tert-OH is 1. The smallest absolute Gasteiger partial charge is 0.143 e. The third-order valence-corrected chi connectivity index (χ3v) is 0.276. The van der Waals surface area contributed by atoms with E-state index < -0.39 is 6.61 Å². The predicted molar refractivity (Wildman–Crippen MR) is 20.4 cm³/mol. The summed E-state index contributed by atoms with van der Waals surface area (Å²) in [6, 6.07) is 0. The standard InChI is InChI=1S/C4H5O2/c5-3-1-2-4-6/h5H,3-4H2. The molecule has 1 N–H and O–H groups in total. The first kappa shape index (κ1) is 5.48. The summed E-state index contributed by atoms with van der Waals surface area (Å²) in [5.41, 5.74) is 0. The van der Waals surface area contributed by atoms with Gasteiger partial charge in [0, 0.05) is 0 Å². The van der Waals surface area contributed by atoms with Gasteiger partial charge in [-0.2, -0.15) is 0 Å². The summed E-state index contributed by atoms with van der Waals surface area (Å²) in [6.45, 7) is -0.622. The molecule has 0 saturated carbocycles. The highest BCUT2D eigenvalue weighted by Crippen LogP contribution is 1.49. The second kappa shape index (κ2) is 4.48. The normalized spacial score (nSPS) is 6.33. The number of aliphatic hydroxyl groups is 1. The van der Waals surface area contributed by atoms with Gasteiger partial charge in [-0.25, -0.2) is 5.11 Å². The van der Waals surface area contributed by atoms with E-state index in [9.17, 15) is 5.11 Å². The van der Waals surface area contributed by atoms with Crippen LogP contribution in [0.15, 0.2) is 0 Å². The van der Waals surface area contributed by atoms with Crippen LogP contribution in [0.25, 0.3) is 0 Å². The van der Waals surface area contributed by atoms with Crippen LogP contribution >= 0.6 is 0 Å². The van der Waals surface area contributed by atoms with E-state index in [-0.39, 0.29) is 6.61 Å². The van der Waals surface area contributed by atoms with Crippen molar-refractivity contribution in [1.82, 2.24) is 0 Å². The third kappa shape index (κ3) is 3.48. The van der Waals surface area contributed by atoms with Gasteiger partial charge in [0.1, 0.15) is 13.2 Å². The first-order valence-corrected chi connectivity index (χ1v) is 1.56. The van der Waals surface area contributed by atoms with E-state index in [0.717, 1.165) is 0 Å². The van der Waals surface area contributed by atoms with Gasteiger partial charge in [-0.05, 0) is 0 Å². The molecular weight excluding hydrogens is 80.0 g/mol. The van der Waals surface area contributed by atoms with Crippen LogP contribution in [0.3, 0.4) is 0 Å². The first-order chi connectivity index (χ1) is 2.91. The fourth-order valence-electron chi connectivity index (χ4n) is 0.107. The van der Waals surface area contributed by atoms with Gasteiger partial charge < -0.3 is 5.11 Å². The Hall–Kier alpha value is -0.520. The van der Waals surface area contributed by atoms with Crippen LogP contribution in [-0.4, -0.2) is 18.3 Å². The summed E-state index contributed by atoms with van der Waals surface area (Å²) in [4.78, 5) is 0. The second-order valence-electron chi connectivity index (χ2n) is 0.656. The van der Waals surface area contributed by atoms with Crippen molar-refractivity contribution < 1.29 is 10.2 Å². The fourth-order valence-corrected chi connectivity index (χ4v) is 0.107. The molecule has 0 rings (SSSR count). The van der Waals surface area contributed by atoms with Gasteiger partial charge in [-0.1, -0.05) is 11.8 Å². The maximum absolute atomic E-state index is 9.40. The molecule has 1 radical (unpaired) electrons. The largest absolute Gasteiger partial charge is 0.384 e. The molecule has 0 aliphatic heterocycles. The van der Waals surface area contributed by atoms with Gasteiger partial charge in [0.2, 0.25) is 0 Å². The number of hydrogen-bond donors (Lipinski definition) is 1. The molecular formula is C4H5O2. The monoisotopic (exact) mass is 85.0 g/mol. The van der Waals surface area contributed by atoms with Crippen molar-refractivity contribution in [2.75, 3.05) is 13.2 Å². The van der Waals surface area contributed by atoms with Crippen LogP contribution in [0, 0.1) is 11.8 Å². The average Bonchev–Trinajstić information content (AvgIpc) is 1.61. The van der Waals surface area contributed by atoms with E-state index in [0.29, 0.717) is 0 Å². The summed E-state index contributed by atoms with van der Waals surface area (Å²) in [6.07, 6.45) is 0. The molecule has 0 aromatic heterocycles. The van der Waals surface area contributed by atoms with Gasteiger partial charge in [0.05, 0.1) is 0 Å². The summed E-state index contributed by atoms with van der Waals surface area (Å²) in [5, 5.41) is 17.3. The van der Waals surface area contributed by atoms with E-state index in [2.05, 4.69) is 11.8 Å². The van der Waals surface area contributed by atoms with E-state index >= 15 is 0 Å². The van der Waals surface area contributed by atoms with Crippen molar-refractivity contribution in [3.05, 3.63) is 0 Å². The first-order valence-electron chi connectivity index (χ1n) is 1.56. The minimum Gasteiger partial charge on any atom is -0.384 e. The van der Waals surface area contributed by atoms with Gasteiger partial charge in [0.25, 0.3) is 0 Å².